The maximum Gasteiger partial charge on any atom is 0.338 e. The van der Waals surface area contributed by atoms with Crippen molar-refractivity contribution in [1.29, 1.82) is 0 Å². The van der Waals surface area contributed by atoms with Crippen molar-refractivity contribution in [2.24, 2.45) is 10.2 Å². The Balaban J connectivity index is 1.84. The molecule has 0 amide bonds. The zero-order valence-electron chi connectivity index (χ0n) is 14.6. The van der Waals surface area contributed by atoms with Gasteiger partial charge in [0.2, 0.25) is 0 Å². The topological polar surface area (TPSA) is 51.0 Å². The number of nitrogens with zero attached hydrogens (tertiary/aromatic N) is 2. The first-order valence-corrected chi connectivity index (χ1v) is 8.66. The second kappa shape index (κ2) is 10.2. The number of esters is 1. The molecule has 0 unspecified atom stereocenters. The molecule has 0 radical (unpaired) electrons. The summed E-state index contributed by atoms with van der Waals surface area (Å²) in [5, 5.41) is 8.30. The molecule has 2 aromatic carbocycles. The number of ether oxygens (including phenoxy) is 1. The van der Waals surface area contributed by atoms with Crippen LogP contribution >= 0.6 is 0 Å². The van der Waals surface area contributed by atoms with Gasteiger partial charge in [0.1, 0.15) is 5.75 Å². The predicted octanol–water partition coefficient (Wildman–Crippen LogP) is 6.53. The standard InChI is InChI=1S/C21H24N2O2/c1-3-4-5-7-10-17(2)21(24)25-20-15-13-19(14-16-20)23-22-18-11-8-6-9-12-18/h6,8-9,11-16H,2-5,7,10H2,1H3/b23-22+. The summed E-state index contributed by atoms with van der Waals surface area (Å²) in [6.45, 7) is 5.98. The van der Waals surface area contributed by atoms with Crippen LogP contribution < -0.4 is 4.74 Å². The quantitative estimate of drug-likeness (QED) is 0.172. The highest BCUT2D eigenvalue weighted by atomic mass is 16.5. The Morgan fingerprint density at radius 2 is 1.56 bits per heavy atom. The van der Waals surface area contributed by atoms with Crippen LogP contribution in [0.5, 0.6) is 5.75 Å². The van der Waals surface area contributed by atoms with Crippen LogP contribution in [0.25, 0.3) is 0 Å². The number of rotatable bonds is 9. The van der Waals surface area contributed by atoms with Gasteiger partial charge in [-0.2, -0.15) is 10.2 Å². The third-order valence-corrected chi connectivity index (χ3v) is 3.71. The minimum atomic E-state index is -0.366. The summed E-state index contributed by atoms with van der Waals surface area (Å²) < 4.78 is 5.34. The maximum absolute atomic E-state index is 12.0. The molecule has 0 fully saturated rings. The normalized spacial score (nSPS) is 10.8. The summed E-state index contributed by atoms with van der Waals surface area (Å²) >= 11 is 0. The van der Waals surface area contributed by atoms with Crippen molar-refractivity contribution >= 4 is 17.3 Å². The van der Waals surface area contributed by atoms with Gasteiger partial charge in [0.15, 0.2) is 0 Å². The number of azo groups is 1. The van der Waals surface area contributed by atoms with E-state index in [2.05, 4.69) is 23.7 Å². The van der Waals surface area contributed by atoms with Crippen LogP contribution in [0.1, 0.15) is 39.0 Å². The van der Waals surface area contributed by atoms with E-state index >= 15 is 0 Å². The molecule has 130 valence electrons. The number of hydrogen-bond acceptors (Lipinski definition) is 4. The molecule has 0 aliphatic heterocycles. The molecule has 0 spiro atoms. The molecule has 2 rings (SSSR count). The van der Waals surface area contributed by atoms with Gasteiger partial charge in [-0.3, -0.25) is 0 Å². The fourth-order valence-corrected chi connectivity index (χ4v) is 2.24. The number of hydrogen-bond donors (Lipinski definition) is 0. The van der Waals surface area contributed by atoms with Crippen LogP contribution in [0.2, 0.25) is 0 Å². The molecule has 0 aliphatic rings. The van der Waals surface area contributed by atoms with E-state index in [4.69, 9.17) is 4.74 Å². The summed E-state index contributed by atoms with van der Waals surface area (Å²) in [4.78, 5) is 12.0. The van der Waals surface area contributed by atoms with Gasteiger partial charge in [-0.25, -0.2) is 4.79 Å². The zero-order chi connectivity index (χ0) is 17.9. The SMILES string of the molecule is C=C(CCCCCC)C(=O)Oc1ccc(/N=N/c2ccccc2)cc1. The molecule has 0 N–H and O–H groups in total. The van der Waals surface area contributed by atoms with E-state index in [0.29, 0.717) is 23.4 Å². The monoisotopic (exact) mass is 336 g/mol. The van der Waals surface area contributed by atoms with E-state index in [-0.39, 0.29) is 5.97 Å². The number of benzene rings is 2. The van der Waals surface area contributed by atoms with Crippen molar-refractivity contribution in [3.05, 3.63) is 66.7 Å². The molecular weight excluding hydrogens is 312 g/mol. The lowest BCUT2D eigenvalue weighted by atomic mass is 10.1. The lowest BCUT2D eigenvalue weighted by molar-refractivity contribution is -0.130. The molecule has 0 saturated heterocycles. The Morgan fingerprint density at radius 1 is 0.920 bits per heavy atom. The van der Waals surface area contributed by atoms with Crippen molar-refractivity contribution in [2.45, 2.75) is 39.0 Å². The molecule has 0 aliphatic carbocycles. The van der Waals surface area contributed by atoms with E-state index < -0.39 is 0 Å². The Kier molecular flexibility index (Phi) is 7.57. The molecule has 0 bridgehead atoms. The first-order valence-electron chi connectivity index (χ1n) is 8.66. The van der Waals surface area contributed by atoms with Gasteiger partial charge in [0.25, 0.3) is 0 Å². The third kappa shape index (κ3) is 6.71. The van der Waals surface area contributed by atoms with E-state index in [1.54, 1.807) is 24.3 Å². The number of carbonyl (C=O) groups is 1. The first kappa shape index (κ1) is 18.6. The first-order chi connectivity index (χ1) is 12.2. The highest BCUT2D eigenvalue weighted by molar-refractivity contribution is 5.89. The van der Waals surface area contributed by atoms with Gasteiger partial charge in [0.05, 0.1) is 11.4 Å². The van der Waals surface area contributed by atoms with Crippen molar-refractivity contribution in [3.8, 4) is 5.75 Å². The molecule has 0 atom stereocenters. The fraction of sp³-hybridized carbons (Fsp3) is 0.286. The van der Waals surface area contributed by atoms with E-state index in [1.165, 1.54) is 12.8 Å². The Morgan fingerprint density at radius 3 is 2.20 bits per heavy atom. The third-order valence-electron chi connectivity index (χ3n) is 3.71. The molecule has 25 heavy (non-hydrogen) atoms. The van der Waals surface area contributed by atoms with Crippen molar-refractivity contribution < 1.29 is 9.53 Å². The van der Waals surface area contributed by atoms with E-state index in [9.17, 15) is 4.79 Å². The summed E-state index contributed by atoms with van der Waals surface area (Å²) in [6, 6.07) is 16.5. The van der Waals surface area contributed by atoms with Crippen LogP contribution in [0.3, 0.4) is 0 Å². The van der Waals surface area contributed by atoms with Gasteiger partial charge >= 0.3 is 5.97 Å². The lowest BCUT2D eigenvalue weighted by Gasteiger charge is -2.06. The van der Waals surface area contributed by atoms with E-state index in [1.807, 2.05) is 30.3 Å². The lowest BCUT2D eigenvalue weighted by Crippen LogP contribution is -2.10. The molecule has 0 aromatic heterocycles. The molecule has 0 saturated carbocycles. The minimum absolute atomic E-state index is 0.366. The molecule has 4 heteroatoms. The molecule has 2 aromatic rings. The summed E-state index contributed by atoms with van der Waals surface area (Å²) in [5.41, 5.74) is 2.00. The van der Waals surface area contributed by atoms with Gasteiger partial charge in [0, 0.05) is 5.57 Å². The van der Waals surface area contributed by atoms with Gasteiger partial charge in [-0.05, 0) is 49.2 Å². The average Bonchev–Trinajstić information content (AvgIpc) is 2.65. The Labute approximate surface area is 149 Å². The molecule has 4 nitrogen and oxygen atoms in total. The van der Waals surface area contributed by atoms with Gasteiger partial charge in [-0.1, -0.05) is 51.0 Å². The highest BCUT2D eigenvalue weighted by Crippen LogP contribution is 2.22. The van der Waals surface area contributed by atoms with Crippen LogP contribution in [-0.4, -0.2) is 5.97 Å². The van der Waals surface area contributed by atoms with Gasteiger partial charge in [-0.15, -0.1) is 0 Å². The van der Waals surface area contributed by atoms with Crippen molar-refractivity contribution in [2.75, 3.05) is 0 Å². The smallest absolute Gasteiger partial charge is 0.338 e. The molecular formula is C21H24N2O2. The zero-order valence-corrected chi connectivity index (χ0v) is 14.6. The number of carbonyl (C=O) groups excluding carboxylic acids is 1. The maximum atomic E-state index is 12.0. The van der Waals surface area contributed by atoms with Crippen LogP contribution in [0.15, 0.2) is 77.0 Å². The van der Waals surface area contributed by atoms with Gasteiger partial charge < -0.3 is 4.74 Å². The average molecular weight is 336 g/mol. The largest absolute Gasteiger partial charge is 0.423 e. The minimum Gasteiger partial charge on any atom is -0.423 e. The van der Waals surface area contributed by atoms with Crippen LogP contribution in [-0.2, 0) is 4.79 Å². The van der Waals surface area contributed by atoms with Crippen LogP contribution in [0.4, 0.5) is 11.4 Å². The number of unbranched alkanes of at least 4 members (excludes halogenated alkanes) is 3. The van der Waals surface area contributed by atoms with Crippen molar-refractivity contribution in [1.82, 2.24) is 0 Å². The second-order valence-electron chi connectivity index (χ2n) is 5.83. The highest BCUT2D eigenvalue weighted by Gasteiger charge is 2.09. The van der Waals surface area contributed by atoms with Crippen LogP contribution in [0, 0.1) is 0 Å². The summed E-state index contributed by atoms with van der Waals surface area (Å²) in [7, 11) is 0. The fourth-order valence-electron chi connectivity index (χ4n) is 2.24. The Hall–Kier alpha value is -2.75. The molecule has 0 heterocycles. The van der Waals surface area contributed by atoms with Crippen molar-refractivity contribution in [3.63, 3.8) is 0 Å². The Bertz CT molecular complexity index is 706. The second-order valence-corrected chi connectivity index (χ2v) is 5.83. The van der Waals surface area contributed by atoms with E-state index in [0.717, 1.165) is 18.5 Å². The predicted molar refractivity (Wildman–Crippen MR) is 101 cm³/mol. The summed E-state index contributed by atoms with van der Waals surface area (Å²) in [5.74, 6) is 0.119. The summed E-state index contributed by atoms with van der Waals surface area (Å²) in [6.07, 6.45) is 5.12.